The van der Waals surface area contributed by atoms with Crippen molar-refractivity contribution in [2.45, 2.75) is 95.7 Å². The Morgan fingerprint density at radius 1 is 0.743 bits per heavy atom. The Hall–Kier alpha value is -5.61. The fraction of sp³-hybridized carbons (Fsp3) is 0.447. The fourth-order valence-electron chi connectivity index (χ4n) is 8.98. The lowest BCUT2D eigenvalue weighted by atomic mass is 9.75. The summed E-state index contributed by atoms with van der Waals surface area (Å²) in [6, 6.07) is 1.16. The number of allylic oxidation sites excluding steroid dienone is 4. The molecule has 2 aromatic carbocycles. The van der Waals surface area contributed by atoms with E-state index >= 15 is 13.2 Å². The van der Waals surface area contributed by atoms with Gasteiger partial charge in [-0.1, -0.05) is 30.7 Å². The molecule has 3 heterocycles. The van der Waals surface area contributed by atoms with Crippen LogP contribution < -0.4 is 15.9 Å². The van der Waals surface area contributed by atoms with Crippen molar-refractivity contribution in [3.63, 3.8) is 0 Å². The van der Waals surface area contributed by atoms with Gasteiger partial charge >= 0.3 is 6.18 Å². The normalized spacial score (nSPS) is 17.2. The maximum absolute atomic E-state index is 15.9. The summed E-state index contributed by atoms with van der Waals surface area (Å²) in [4.78, 5) is 37.0. The predicted molar refractivity (Wildman–Crippen MR) is 256 cm³/mol. The van der Waals surface area contributed by atoms with Gasteiger partial charge in [-0.05, 0) is 76.5 Å². The molecule has 2 aliphatic rings. The molecule has 1 atom stereocenters. The zero-order valence-electron chi connectivity index (χ0n) is 39.6. The summed E-state index contributed by atoms with van der Waals surface area (Å²) in [6.45, 7) is 0.658. The van der Waals surface area contributed by atoms with Crippen LogP contribution in [0.15, 0.2) is 48.6 Å². The van der Waals surface area contributed by atoms with Crippen molar-refractivity contribution < 1.29 is 93.0 Å². The second-order valence-electron chi connectivity index (χ2n) is 17.7. The van der Waals surface area contributed by atoms with Crippen molar-refractivity contribution in [3.05, 3.63) is 99.4 Å². The van der Waals surface area contributed by atoms with Crippen LogP contribution in [0.5, 0.6) is 0 Å². The smallest absolute Gasteiger partial charge is 0.354 e. The molecule has 74 heavy (non-hydrogen) atoms. The maximum Gasteiger partial charge on any atom is 0.417 e. The molecule has 3 aromatic rings. The minimum Gasteiger partial charge on any atom is -0.354 e. The molecule has 16 nitrogen and oxygen atoms in total. The molecule has 0 aliphatic carbocycles. The van der Waals surface area contributed by atoms with Crippen LogP contribution in [0.2, 0.25) is 0 Å². The molecule has 5 rings (SSSR count). The van der Waals surface area contributed by atoms with Crippen molar-refractivity contribution in [2.24, 2.45) is 0 Å². The summed E-state index contributed by atoms with van der Waals surface area (Å²) < 4.78 is 220. The molecule has 0 spiro atoms. The summed E-state index contributed by atoms with van der Waals surface area (Å²) in [5.41, 5.74) is -4.81. The topological polar surface area (TPSA) is 238 Å². The van der Waals surface area contributed by atoms with Gasteiger partial charge in [0.15, 0.2) is 17.3 Å². The van der Waals surface area contributed by atoms with Crippen LogP contribution in [0.25, 0.3) is 23.1 Å². The first-order chi connectivity index (χ1) is 34.4. The van der Waals surface area contributed by atoms with E-state index in [-0.39, 0.29) is 119 Å². The molecule has 27 heteroatoms. The Morgan fingerprint density at radius 2 is 1.34 bits per heavy atom. The summed E-state index contributed by atoms with van der Waals surface area (Å²) in [7, 11) is -13.4. The quantitative estimate of drug-likeness (QED) is 0.0105. The monoisotopic (exact) mass is 1110 g/mol. The highest BCUT2D eigenvalue weighted by atomic mass is 32.2. The minimum absolute atomic E-state index is 0.0336. The Bertz CT molecular complexity index is 3260. The lowest BCUT2D eigenvalue weighted by molar-refractivity contribution is -0.440. The largest absolute Gasteiger partial charge is 0.417 e. The third kappa shape index (κ3) is 15.3. The van der Waals surface area contributed by atoms with E-state index in [0.29, 0.717) is 6.07 Å². The summed E-state index contributed by atoms with van der Waals surface area (Å²) in [5, 5.41) is 2.15. The zero-order chi connectivity index (χ0) is 55.0. The van der Waals surface area contributed by atoms with Gasteiger partial charge in [-0.2, -0.15) is 47.4 Å². The zero-order valence-corrected chi connectivity index (χ0v) is 42.1. The van der Waals surface area contributed by atoms with E-state index in [0.717, 1.165) is 27.7 Å². The van der Waals surface area contributed by atoms with Gasteiger partial charge in [0.05, 0.1) is 39.3 Å². The number of unbranched alkanes of at least 4 members (excludes halogenated alkanes) is 5. The number of aryl methyl sites for hydroxylation is 1. The number of benzene rings is 2. The second-order valence-corrected chi connectivity index (χ2v) is 22.5. The molecule has 2 aliphatic heterocycles. The van der Waals surface area contributed by atoms with Crippen molar-refractivity contribution in [1.82, 2.24) is 14.8 Å². The Morgan fingerprint density at radius 3 is 1.95 bits per heavy atom. The number of aromatic nitrogens is 1. The summed E-state index contributed by atoms with van der Waals surface area (Å²) >= 11 is 0. The molecule has 0 saturated carbocycles. The molecular weight excluding hydrogens is 1060 g/mol. The van der Waals surface area contributed by atoms with E-state index in [1.165, 1.54) is 47.9 Å². The van der Waals surface area contributed by atoms with E-state index in [4.69, 9.17) is 0 Å². The Labute approximate surface area is 420 Å². The van der Waals surface area contributed by atoms with Gasteiger partial charge in [-0.15, -0.1) is 0 Å². The van der Waals surface area contributed by atoms with E-state index < -0.39 is 128 Å². The first-order valence-electron chi connectivity index (χ1n) is 23.1. The Balaban J connectivity index is 1.59. The van der Waals surface area contributed by atoms with E-state index in [1.54, 1.807) is 0 Å². The highest BCUT2D eigenvalue weighted by Crippen LogP contribution is 2.48. The third-order valence-electron chi connectivity index (χ3n) is 12.3. The molecule has 3 amide bonds. The van der Waals surface area contributed by atoms with Crippen molar-refractivity contribution >= 4 is 82.5 Å². The van der Waals surface area contributed by atoms with Crippen LogP contribution in [0.3, 0.4) is 0 Å². The van der Waals surface area contributed by atoms with Crippen LogP contribution in [0, 0.1) is 29.1 Å². The number of amides is 3. The summed E-state index contributed by atoms with van der Waals surface area (Å²) in [6.07, 6.45) is 4.30. The molecule has 1 aromatic heterocycles. The van der Waals surface area contributed by atoms with E-state index in [9.17, 15) is 75.2 Å². The summed E-state index contributed by atoms with van der Waals surface area (Å²) in [5.74, 6) is -12.9. The lowest BCUT2D eigenvalue weighted by Gasteiger charge is -2.23. The average molecular weight is 1110 g/mol. The van der Waals surface area contributed by atoms with E-state index in [2.05, 4.69) is 5.32 Å². The number of halogens is 8. The van der Waals surface area contributed by atoms with Gasteiger partial charge < -0.3 is 9.88 Å². The highest BCUT2D eigenvalue weighted by molar-refractivity contribution is 7.86. The van der Waals surface area contributed by atoms with Crippen LogP contribution in [-0.4, -0.2) is 113 Å². The van der Waals surface area contributed by atoms with Gasteiger partial charge in [0.1, 0.15) is 12.4 Å². The van der Waals surface area contributed by atoms with Crippen LogP contribution >= 0.6 is 0 Å². The number of hydrogen-bond acceptors (Lipinski definition) is 9. The number of nitrogens with one attached hydrogen (secondary N) is 1. The molecule has 4 N–H and O–H groups in total. The number of nitrogens with zero attached hydrogens (tertiary/aromatic N) is 3. The first kappa shape index (κ1) is 59.3. The number of carbonyl (C=O) groups is 3. The van der Waals surface area contributed by atoms with E-state index in [1.807, 2.05) is 0 Å². The van der Waals surface area contributed by atoms with Crippen molar-refractivity contribution in [3.8, 4) is 0 Å². The van der Waals surface area contributed by atoms with Gasteiger partial charge in [0, 0.05) is 66.7 Å². The second kappa shape index (κ2) is 24.4. The number of imide groups is 1. The average Bonchev–Trinajstić information content (AvgIpc) is 3.86. The van der Waals surface area contributed by atoms with Crippen molar-refractivity contribution in [1.29, 1.82) is 0 Å². The number of fused-ring (bicyclic) bond motifs is 2. The van der Waals surface area contributed by atoms with Crippen molar-refractivity contribution in [2.75, 3.05) is 36.9 Å². The van der Waals surface area contributed by atoms with Crippen LogP contribution in [-0.2, 0) is 62.9 Å². The predicted octanol–water partition coefficient (Wildman–Crippen LogP) is 6.08. The molecule has 0 bridgehead atoms. The maximum atomic E-state index is 15.9. The molecule has 0 saturated heterocycles. The molecule has 0 radical (unpaired) electrons. The molecule has 1 unspecified atom stereocenters. The highest BCUT2D eigenvalue weighted by Gasteiger charge is 2.53. The van der Waals surface area contributed by atoms with Gasteiger partial charge in [-0.3, -0.25) is 32.9 Å². The molecule has 0 fully saturated rings. The van der Waals surface area contributed by atoms with Gasteiger partial charge in [0.2, 0.25) is 17.5 Å². The standard InChI is InChI=1S/C47H52F8N4O12S3/c1-46(20-8-11-25-72(63,64)65)35(58(23-10-13-27-74(69,70)71)45-40(46)41(49)42(50)43(51)44(45)52)16-6-3-5-15-33-31(14-4-2-7-17-36(60)56-21-24-59-37(61)18-19-38(59)62)39-32(47(53,54)55)28-30(48)29-34(39)57(33)22-9-12-26-73(66,67)68/h3,5-6,14-16,18-19,28-29H,2,4,7-13,17,20-27H2,1H3,(H3-,56,60,63,64,65,66,67,68,69,70,71)/p+1/b31-14-. The number of rotatable bonds is 26. The molecule has 406 valence electrons. The fourth-order valence-corrected chi connectivity index (χ4v) is 10.7. The van der Waals surface area contributed by atoms with Gasteiger partial charge in [0.25, 0.3) is 47.9 Å². The Kier molecular flexibility index (Phi) is 19.5. The lowest BCUT2D eigenvalue weighted by Crippen LogP contribution is -2.38. The SMILES string of the molecule is CC1(CCCCS(=O)(=O)O)C(/C=C/C=C/C=c2\c(=C\CCCCC(=O)NCCN3C(=O)C=CC3=O)c3c(C(F)(F)F)cc(F)cc3n2CCCCS(=O)(=O)O)=[N+](CCCCS(=O)(=O)O)c2c(F)c(F)c(F)c(F)c21. The number of hydrogen-bond donors (Lipinski definition) is 4. The van der Waals surface area contributed by atoms with Crippen LogP contribution in [0.1, 0.15) is 88.7 Å². The third-order valence-corrected chi connectivity index (χ3v) is 14.7. The number of alkyl halides is 3. The minimum atomic E-state index is -5.10. The van der Waals surface area contributed by atoms with Crippen LogP contribution in [0.4, 0.5) is 40.8 Å². The van der Waals surface area contributed by atoms with Gasteiger partial charge in [-0.25, -0.2) is 17.6 Å². The number of carbonyl (C=O) groups excluding carboxylic acids is 3. The molecular formula is C47H53F8N4O12S3+. The first-order valence-corrected chi connectivity index (χ1v) is 27.9.